The summed E-state index contributed by atoms with van der Waals surface area (Å²) >= 11 is 11.9. The minimum atomic E-state index is -0.763. The van der Waals surface area contributed by atoms with E-state index in [9.17, 15) is 14.0 Å². The van der Waals surface area contributed by atoms with Crippen LogP contribution in [0.15, 0.2) is 36.4 Å². The van der Waals surface area contributed by atoms with Crippen LogP contribution in [0.25, 0.3) is 0 Å². The number of rotatable bonds is 2. The Balaban J connectivity index is 2.04. The number of para-hydroxylation sites is 1. The fourth-order valence-electron chi connectivity index (χ4n) is 2.28. The predicted molar refractivity (Wildman–Crippen MR) is 78.4 cm³/mol. The molecule has 0 fully saturated rings. The number of carbonyl (C=O) groups excluding carboxylic acids is 2. The summed E-state index contributed by atoms with van der Waals surface area (Å²) < 4.78 is 14.0. The van der Waals surface area contributed by atoms with E-state index >= 15 is 0 Å². The molecule has 1 aliphatic rings. The molecule has 0 atom stereocenters. The molecule has 1 heterocycles. The molecule has 0 spiro atoms. The highest BCUT2D eigenvalue weighted by atomic mass is 35.5. The van der Waals surface area contributed by atoms with Gasteiger partial charge in [-0.15, -0.1) is 0 Å². The first kappa shape index (κ1) is 14.0. The molecule has 1 aliphatic heterocycles. The average molecular weight is 324 g/mol. The summed E-state index contributed by atoms with van der Waals surface area (Å²) in [4.78, 5) is 25.0. The summed E-state index contributed by atoms with van der Waals surface area (Å²) in [5.41, 5.74) is 0.655. The molecule has 0 N–H and O–H groups in total. The Labute approximate surface area is 129 Å². The highest BCUT2D eigenvalue weighted by molar-refractivity contribution is 6.52. The Morgan fingerprint density at radius 2 is 1.86 bits per heavy atom. The van der Waals surface area contributed by atoms with Crippen LogP contribution in [0.1, 0.15) is 15.9 Å². The molecule has 0 bridgehead atoms. The number of carbonyl (C=O) groups is 2. The number of fused-ring (bicyclic) bond motifs is 1. The third kappa shape index (κ3) is 2.30. The Bertz CT molecular complexity index is 776. The molecule has 106 valence electrons. The molecule has 0 saturated heterocycles. The Hall–Kier alpha value is -1.91. The van der Waals surface area contributed by atoms with E-state index < -0.39 is 17.5 Å². The van der Waals surface area contributed by atoms with Crippen LogP contribution in [0, 0.1) is 5.82 Å². The van der Waals surface area contributed by atoms with Gasteiger partial charge in [-0.1, -0.05) is 35.3 Å². The molecule has 0 aromatic heterocycles. The van der Waals surface area contributed by atoms with Gasteiger partial charge in [-0.05, 0) is 29.8 Å². The molecule has 0 radical (unpaired) electrons. The number of nitrogens with zero attached hydrogens (tertiary/aromatic N) is 1. The Kier molecular flexibility index (Phi) is 3.43. The predicted octanol–water partition coefficient (Wildman–Crippen LogP) is 3.86. The van der Waals surface area contributed by atoms with Gasteiger partial charge in [0.15, 0.2) is 0 Å². The lowest BCUT2D eigenvalue weighted by Gasteiger charge is -2.18. The van der Waals surface area contributed by atoms with Crippen LogP contribution >= 0.6 is 23.2 Å². The largest absolute Gasteiger partial charge is 0.299 e. The second-order valence-corrected chi connectivity index (χ2v) is 5.44. The lowest BCUT2D eigenvalue weighted by atomic mass is 10.1. The summed E-state index contributed by atoms with van der Waals surface area (Å²) in [5, 5.41) is 0.812. The number of Topliss-reactive ketones (excluding diaryl/α,β-unsaturated/α-hetero) is 1. The molecule has 21 heavy (non-hydrogen) atoms. The second kappa shape index (κ2) is 5.13. The highest BCUT2D eigenvalue weighted by Crippen LogP contribution is 2.34. The maximum absolute atomic E-state index is 14.0. The van der Waals surface area contributed by atoms with E-state index in [4.69, 9.17) is 23.2 Å². The van der Waals surface area contributed by atoms with Crippen LogP contribution in [-0.4, -0.2) is 11.7 Å². The van der Waals surface area contributed by atoms with Crippen molar-refractivity contribution in [2.75, 3.05) is 4.90 Å². The molecule has 0 unspecified atom stereocenters. The fraction of sp³-hybridized carbons (Fsp3) is 0.0667. The molecule has 3 rings (SSSR count). The fourth-order valence-corrected chi connectivity index (χ4v) is 2.75. The number of amides is 1. The van der Waals surface area contributed by atoms with Crippen molar-refractivity contribution in [3.05, 3.63) is 63.4 Å². The highest BCUT2D eigenvalue weighted by Gasteiger charge is 2.38. The number of ketones is 1. The van der Waals surface area contributed by atoms with Gasteiger partial charge in [0.1, 0.15) is 5.82 Å². The Morgan fingerprint density at radius 3 is 2.57 bits per heavy atom. The van der Waals surface area contributed by atoms with Crippen molar-refractivity contribution in [3.8, 4) is 0 Å². The molecule has 0 aliphatic carbocycles. The monoisotopic (exact) mass is 323 g/mol. The minimum absolute atomic E-state index is 0.00137. The first-order valence-corrected chi connectivity index (χ1v) is 6.83. The van der Waals surface area contributed by atoms with E-state index in [0.717, 1.165) is 4.90 Å². The van der Waals surface area contributed by atoms with Crippen molar-refractivity contribution in [2.45, 2.75) is 6.54 Å². The van der Waals surface area contributed by atoms with Gasteiger partial charge < -0.3 is 0 Å². The van der Waals surface area contributed by atoms with E-state index in [1.807, 2.05) is 0 Å². The Morgan fingerprint density at radius 1 is 1.10 bits per heavy atom. The van der Waals surface area contributed by atoms with Crippen molar-refractivity contribution >= 4 is 40.6 Å². The van der Waals surface area contributed by atoms with Gasteiger partial charge in [0.05, 0.1) is 17.8 Å². The first-order chi connectivity index (χ1) is 9.99. The molecule has 1 amide bonds. The lowest BCUT2D eigenvalue weighted by Crippen LogP contribution is -2.29. The maximum atomic E-state index is 14.0. The van der Waals surface area contributed by atoms with Gasteiger partial charge in [0, 0.05) is 10.0 Å². The van der Waals surface area contributed by atoms with Crippen molar-refractivity contribution < 1.29 is 14.0 Å². The zero-order valence-electron chi connectivity index (χ0n) is 10.6. The maximum Gasteiger partial charge on any atom is 0.299 e. The second-order valence-electron chi connectivity index (χ2n) is 4.59. The third-order valence-electron chi connectivity index (χ3n) is 3.28. The summed E-state index contributed by atoms with van der Waals surface area (Å²) in [7, 11) is 0. The van der Waals surface area contributed by atoms with Gasteiger partial charge in [-0.2, -0.15) is 0 Å². The first-order valence-electron chi connectivity index (χ1n) is 6.07. The van der Waals surface area contributed by atoms with Gasteiger partial charge in [-0.25, -0.2) is 4.39 Å². The van der Waals surface area contributed by atoms with Gasteiger partial charge in [-0.3, -0.25) is 14.5 Å². The van der Waals surface area contributed by atoms with Crippen LogP contribution in [0.2, 0.25) is 10.0 Å². The minimum Gasteiger partial charge on any atom is -0.297 e. The molecular weight excluding hydrogens is 316 g/mol. The molecule has 2 aromatic rings. The van der Waals surface area contributed by atoms with Crippen molar-refractivity contribution in [3.63, 3.8) is 0 Å². The smallest absolute Gasteiger partial charge is 0.297 e. The number of hydrogen-bond donors (Lipinski definition) is 0. The van der Waals surface area contributed by atoms with E-state index in [1.165, 1.54) is 24.3 Å². The topological polar surface area (TPSA) is 37.4 Å². The van der Waals surface area contributed by atoms with Gasteiger partial charge in [0.25, 0.3) is 11.7 Å². The standard InChI is InChI=1S/C15H8Cl2FNO2/c16-9-5-4-8(11(17)6-9)7-19-13-10(14(20)15(19)21)2-1-3-12(13)18/h1-6H,7H2. The van der Waals surface area contributed by atoms with Crippen molar-refractivity contribution in [1.29, 1.82) is 0 Å². The van der Waals surface area contributed by atoms with Gasteiger partial charge >= 0.3 is 0 Å². The normalized spacial score (nSPS) is 13.8. The van der Waals surface area contributed by atoms with Crippen LogP contribution in [0.5, 0.6) is 0 Å². The summed E-state index contributed by atoms with van der Waals surface area (Å²) in [5.74, 6) is -2.09. The van der Waals surface area contributed by atoms with Crippen LogP contribution < -0.4 is 4.90 Å². The quantitative estimate of drug-likeness (QED) is 0.787. The number of halogens is 3. The van der Waals surface area contributed by atoms with E-state index in [-0.39, 0.29) is 17.8 Å². The molecule has 2 aromatic carbocycles. The number of hydrogen-bond acceptors (Lipinski definition) is 2. The van der Waals surface area contributed by atoms with Gasteiger partial charge in [0.2, 0.25) is 0 Å². The van der Waals surface area contributed by atoms with Crippen LogP contribution in [-0.2, 0) is 11.3 Å². The van der Waals surface area contributed by atoms with Crippen LogP contribution in [0.4, 0.5) is 10.1 Å². The third-order valence-corrected chi connectivity index (χ3v) is 3.87. The molecule has 3 nitrogen and oxygen atoms in total. The molecule has 6 heteroatoms. The van der Waals surface area contributed by atoms with Crippen molar-refractivity contribution in [1.82, 2.24) is 0 Å². The zero-order chi connectivity index (χ0) is 15.1. The summed E-state index contributed by atoms with van der Waals surface area (Å²) in [6.45, 7) is 0.00844. The van der Waals surface area contributed by atoms with E-state index in [0.29, 0.717) is 15.6 Å². The SMILES string of the molecule is O=C1C(=O)N(Cc2ccc(Cl)cc2Cl)c2c(F)cccc21. The molecular formula is C15H8Cl2FNO2. The molecule has 0 saturated carbocycles. The zero-order valence-corrected chi connectivity index (χ0v) is 12.1. The average Bonchev–Trinajstić information content (AvgIpc) is 2.68. The van der Waals surface area contributed by atoms with Crippen LogP contribution in [0.3, 0.4) is 0 Å². The summed E-state index contributed by atoms with van der Waals surface area (Å²) in [6, 6.07) is 8.83. The summed E-state index contributed by atoms with van der Waals surface area (Å²) in [6.07, 6.45) is 0. The van der Waals surface area contributed by atoms with Crippen molar-refractivity contribution in [2.24, 2.45) is 0 Å². The lowest BCUT2D eigenvalue weighted by molar-refractivity contribution is -0.114. The van der Waals surface area contributed by atoms with E-state index in [1.54, 1.807) is 12.1 Å². The number of benzene rings is 2. The number of anilines is 1. The van der Waals surface area contributed by atoms with E-state index in [2.05, 4.69) is 0 Å².